The summed E-state index contributed by atoms with van der Waals surface area (Å²) in [5, 5.41) is 12.3. The highest BCUT2D eigenvalue weighted by Crippen LogP contribution is 2.36. The number of anilines is 3. The van der Waals surface area contributed by atoms with Crippen LogP contribution in [0, 0.1) is 10.1 Å². The first kappa shape index (κ1) is 23.7. The van der Waals surface area contributed by atoms with E-state index in [1.807, 2.05) is 0 Å². The van der Waals surface area contributed by atoms with Crippen LogP contribution in [0.15, 0.2) is 48.8 Å². The van der Waals surface area contributed by atoms with Gasteiger partial charge in [0.1, 0.15) is 6.33 Å². The standard InChI is InChI=1S/C20H16Cl2N6O5/c1-27(15-6-4-3-5-13(15)20(30)33-2)18-16(28(31)32)17(23-10-24-18)25-26-19(29)12-8-7-11(21)9-14(12)22/h3-10H,1-2H3,(H,26,29)(H,23,24,25). The molecule has 3 rings (SSSR count). The smallest absolute Gasteiger partial charge is 0.355 e. The number of hydrogen-bond acceptors (Lipinski definition) is 9. The van der Waals surface area contributed by atoms with Crippen LogP contribution < -0.4 is 15.8 Å². The van der Waals surface area contributed by atoms with Crippen LogP contribution in [0.3, 0.4) is 0 Å². The van der Waals surface area contributed by atoms with E-state index in [0.717, 1.165) is 6.33 Å². The first-order valence-electron chi connectivity index (χ1n) is 9.16. The molecule has 2 N–H and O–H groups in total. The summed E-state index contributed by atoms with van der Waals surface area (Å²) in [6, 6.07) is 10.6. The monoisotopic (exact) mass is 490 g/mol. The van der Waals surface area contributed by atoms with E-state index in [-0.39, 0.29) is 27.8 Å². The zero-order chi connectivity index (χ0) is 24.1. The lowest BCUT2D eigenvalue weighted by Gasteiger charge is -2.21. The third-order valence-corrected chi connectivity index (χ3v) is 4.99. The SMILES string of the molecule is COC(=O)c1ccccc1N(C)c1ncnc(NNC(=O)c2ccc(Cl)cc2Cl)c1[N+](=O)[O-]. The average molecular weight is 491 g/mol. The normalized spacial score (nSPS) is 10.3. The number of para-hydroxylation sites is 1. The molecular formula is C20H16Cl2N6O5. The number of nitrogens with one attached hydrogen (secondary N) is 2. The minimum Gasteiger partial charge on any atom is -0.465 e. The molecule has 1 amide bonds. The summed E-state index contributed by atoms with van der Waals surface area (Å²) in [7, 11) is 2.72. The molecule has 1 heterocycles. The number of amides is 1. The van der Waals surface area contributed by atoms with Gasteiger partial charge in [-0.3, -0.25) is 25.8 Å². The van der Waals surface area contributed by atoms with E-state index in [9.17, 15) is 19.7 Å². The number of rotatable bonds is 7. The molecule has 1 aromatic heterocycles. The quantitative estimate of drug-likeness (QED) is 0.285. The molecule has 33 heavy (non-hydrogen) atoms. The third-order valence-electron chi connectivity index (χ3n) is 4.44. The molecule has 0 unspecified atom stereocenters. The van der Waals surface area contributed by atoms with E-state index in [1.54, 1.807) is 18.2 Å². The number of hydrazine groups is 1. The molecule has 0 saturated heterocycles. The van der Waals surface area contributed by atoms with Gasteiger partial charge in [0.15, 0.2) is 0 Å². The van der Waals surface area contributed by atoms with Crippen molar-refractivity contribution in [2.45, 2.75) is 0 Å². The molecule has 3 aromatic rings. The highest BCUT2D eigenvalue weighted by atomic mass is 35.5. The van der Waals surface area contributed by atoms with E-state index in [1.165, 1.54) is 43.3 Å². The second kappa shape index (κ2) is 10.1. The molecule has 0 aliphatic heterocycles. The van der Waals surface area contributed by atoms with Gasteiger partial charge in [0.25, 0.3) is 5.91 Å². The maximum atomic E-state index is 12.4. The van der Waals surface area contributed by atoms with Crippen molar-refractivity contribution in [3.05, 3.63) is 80.1 Å². The Morgan fingerprint density at radius 2 is 1.85 bits per heavy atom. The van der Waals surface area contributed by atoms with Crippen LogP contribution in [-0.2, 0) is 4.74 Å². The molecule has 13 heteroatoms. The summed E-state index contributed by atoms with van der Waals surface area (Å²) in [5.41, 5.74) is 4.78. The summed E-state index contributed by atoms with van der Waals surface area (Å²) in [4.78, 5) is 44.9. The molecule has 0 aliphatic rings. The Kier molecular flexibility index (Phi) is 7.26. The van der Waals surface area contributed by atoms with Gasteiger partial charge in [0.05, 0.1) is 33.9 Å². The molecule has 0 bridgehead atoms. The maximum Gasteiger partial charge on any atom is 0.355 e. The Bertz CT molecular complexity index is 1240. The van der Waals surface area contributed by atoms with Crippen molar-refractivity contribution in [2.75, 3.05) is 24.5 Å². The van der Waals surface area contributed by atoms with Crippen LogP contribution >= 0.6 is 23.2 Å². The summed E-state index contributed by atoms with van der Waals surface area (Å²) >= 11 is 11.9. The van der Waals surface area contributed by atoms with Gasteiger partial charge in [-0.1, -0.05) is 35.3 Å². The lowest BCUT2D eigenvalue weighted by Crippen LogP contribution is -2.31. The molecule has 0 spiro atoms. The number of hydrogen-bond donors (Lipinski definition) is 2. The van der Waals surface area contributed by atoms with Gasteiger partial charge < -0.3 is 9.64 Å². The van der Waals surface area contributed by atoms with Crippen molar-refractivity contribution in [1.82, 2.24) is 15.4 Å². The average Bonchev–Trinajstić information content (AvgIpc) is 2.81. The predicted molar refractivity (Wildman–Crippen MR) is 122 cm³/mol. The number of esters is 1. The van der Waals surface area contributed by atoms with E-state index >= 15 is 0 Å². The second-order valence-electron chi connectivity index (χ2n) is 6.42. The number of nitrogens with zero attached hydrogens (tertiary/aromatic N) is 4. The van der Waals surface area contributed by atoms with Crippen molar-refractivity contribution in [1.29, 1.82) is 0 Å². The van der Waals surface area contributed by atoms with Gasteiger partial charge in [-0.05, 0) is 30.3 Å². The molecule has 0 atom stereocenters. The Hall–Kier alpha value is -3.96. The van der Waals surface area contributed by atoms with E-state index in [0.29, 0.717) is 10.7 Å². The van der Waals surface area contributed by atoms with E-state index in [4.69, 9.17) is 27.9 Å². The fraction of sp³-hybridized carbons (Fsp3) is 0.100. The van der Waals surface area contributed by atoms with Crippen LogP contribution in [0.1, 0.15) is 20.7 Å². The molecule has 2 aromatic carbocycles. The number of methoxy groups -OCH3 is 1. The number of carbonyl (C=O) groups excluding carboxylic acids is 2. The largest absolute Gasteiger partial charge is 0.465 e. The molecule has 0 fully saturated rings. The van der Waals surface area contributed by atoms with Crippen LogP contribution in [0.2, 0.25) is 10.0 Å². The van der Waals surface area contributed by atoms with Crippen LogP contribution in [-0.4, -0.2) is 40.9 Å². The molecule has 170 valence electrons. The number of carbonyl (C=O) groups is 2. The fourth-order valence-electron chi connectivity index (χ4n) is 2.89. The zero-order valence-corrected chi connectivity index (χ0v) is 18.7. The van der Waals surface area contributed by atoms with Gasteiger partial charge in [0.2, 0.25) is 11.6 Å². The number of benzene rings is 2. The Morgan fingerprint density at radius 1 is 1.12 bits per heavy atom. The highest BCUT2D eigenvalue weighted by molar-refractivity contribution is 6.36. The second-order valence-corrected chi connectivity index (χ2v) is 7.27. The van der Waals surface area contributed by atoms with E-state index < -0.39 is 22.5 Å². The fourth-order valence-corrected chi connectivity index (χ4v) is 3.39. The van der Waals surface area contributed by atoms with Gasteiger partial charge in [-0.2, -0.15) is 0 Å². The van der Waals surface area contributed by atoms with Crippen molar-refractivity contribution in [3.8, 4) is 0 Å². The number of aromatic nitrogens is 2. The Morgan fingerprint density at radius 3 is 2.52 bits per heavy atom. The van der Waals surface area contributed by atoms with Gasteiger partial charge >= 0.3 is 11.7 Å². The molecular weight excluding hydrogens is 475 g/mol. The predicted octanol–water partition coefficient (Wildman–Crippen LogP) is 4.00. The number of halogens is 2. The lowest BCUT2D eigenvalue weighted by molar-refractivity contribution is -0.383. The molecule has 0 saturated carbocycles. The lowest BCUT2D eigenvalue weighted by atomic mass is 10.1. The summed E-state index contributed by atoms with van der Waals surface area (Å²) in [5.74, 6) is -1.71. The molecule has 0 radical (unpaired) electrons. The Labute approximate surface area is 197 Å². The van der Waals surface area contributed by atoms with Crippen molar-refractivity contribution in [3.63, 3.8) is 0 Å². The summed E-state index contributed by atoms with van der Waals surface area (Å²) in [6.45, 7) is 0. The van der Waals surface area contributed by atoms with Crippen molar-refractivity contribution in [2.24, 2.45) is 0 Å². The van der Waals surface area contributed by atoms with E-state index in [2.05, 4.69) is 20.8 Å². The first-order chi connectivity index (χ1) is 15.7. The summed E-state index contributed by atoms with van der Waals surface area (Å²) in [6.07, 6.45) is 1.07. The van der Waals surface area contributed by atoms with Crippen molar-refractivity contribution < 1.29 is 19.2 Å². The van der Waals surface area contributed by atoms with Crippen LogP contribution in [0.4, 0.5) is 23.0 Å². The van der Waals surface area contributed by atoms with Crippen LogP contribution in [0.5, 0.6) is 0 Å². The van der Waals surface area contributed by atoms with Crippen molar-refractivity contribution >= 4 is 58.1 Å². The van der Waals surface area contributed by atoms with Gasteiger partial charge in [-0.25, -0.2) is 14.8 Å². The highest BCUT2D eigenvalue weighted by Gasteiger charge is 2.28. The Balaban J connectivity index is 1.94. The third kappa shape index (κ3) is 5.10. The molecule has 0 aliphatic carbocycles. The zero-order valence-electron chi connectivity index (χ0n) is 17.2. The minimum absolute atomic E-state index is 0.0922. The topological polar surface area (TPSA) is 140 Å². The van der Waals surface area contributed by atoms with Gasteiger partial charge in [0, 0.05) is 12.1 Å². The maximum absolute atomic E-state index is 12.4. The minimum atomic E-state index is -0.712. The number of ether oxygens (including phenoxy) is 1. The number of nitro groups is 1. The first-order valence-corrected chi connectivity index (χ1v) is 9.92. The molecule has 11 nitrogen and oxygen atoms in total. The summed E-state index contributed by atoms with van der Waals surface area (Å²) < 4.78 is 4.78. The van der Waals surface area contributed by atoms with Gasteiger partial charge in [-0.15, -0.1) is 0 Å². The van der Waals surface area contributed by atoms with Crippen LogP contribution in [0.25, 0.3) is 0 Å².